The van der Waals surface area contributed by atoms with Gasteiger partial charge in [0.2, 0.25) is 5.91 Å². The van der Waals surface area contributed by atoms with Gasteiger partial charge in [0, 0.05) is 31.8 Å². The van der Waals surface area contributed by atoms with Gasteiger partial charge in [-0.1, -0.05) is 6.07 Å². The van der Waals surface area contributed by atoms with Crippen LogP contribution in [0.15, 0.2) is 30.9 Å². The first-order chi connectivity index (χ1) is 13.2. The first kappa shape index (κ1) is 17.7. The normalized spacial score (nSPS) is 19.0. The molecule has 2 aliphatic heterocycles. The zero-order valence-corrected chi connectivity index (χ0v) is 15.1. The van der Waals surface area contributed by atoms with Crippen LogP contribution in [0.25, 0.3) is 0 Å². The van der Waals surface area contributed by atoms with Gasteiger partial charge in [0.05, 0.1) is 6.54 Å². The van der Waals surface area contributed by atoms with Crippen molar-refractivity contribution in [3.05, 3.63) is 42.0 Å². The number of hydrogen-bond donors (Lipinski definition) is 1. The van der Waals surface area contributed by atoms with Gasteiger partial charge in [-0.25, -0.2) is 4.98 Å². The van der Waals surface area contributed by atoms with Gasteiger partial charge in [0.1, 0.15) is 18.8 Å². The van der Waals surface area contributed by atoms with E-state index < -0.39 is 0 Å². The second-order valence-corrected chi connectivity index (χ2v) is 6.95. The Labute approximate surface area is 157 Å². The van der Waals surface area contributed by atoms with E-state index in [1.165, 1.54) is 11.9 Å². The molecule has 8 heteroatoms. The third-order valence-corrected chi connectivity index (χ3v) is 5.08. The molecule has 1 fully saturated rings. The molecule has 142 valence electrons. The van der Waals surface area contributed by atoms with E-state index in [4.69, 9.17) is 4.74 Å². The molecule has 2 amide bonds. The lowest BCUT2D eigenvalue weighted by Crippen LogP contribution is -2.36. The van der Waals surface area contributed by atoms with E-state index in [2.05, 4.69) is 15.4 Å². The highest BCUT2D eigenvalue weighted by Gasteiger charge is 2.25. The van der Waals surface area contributed by atoms with Crippen LogP contribution < -0.4 is 5.32 Å². The highest BCUT2D eigenvalue weighted by atomic mass is 16.5. The number of aromatic nitrogens is 3. The summed E-state index contributed by atoms with van der Waals surface area (Å²) in [4.78, 5) is 30.5. The summed E-state index contributed by atoms with van der Waals surface area (Å²) < 4.78 is 7.09. The number of carbonyl (C=O) groups excluding carboxylic acids is 2. The van der Waals surface area contributed by atoms with Crippen molar-refractivity contribution in [2.45, 2.75) is 44.9 Å². The van der Waals surface area contributed by atoms with Crippen LogP contribution in [-0.2, 0) is 33.8 Å². The fourth-order valence-electron chi connectivity index (χ4n) is 3.57. The molecule has 1 aromatic carbocycles. The molecule has 1 N–H and O–H groups in total. The Morgan fingerprint density at radius 1 is 1.30 bits per heavy atom. The van der Waals surface area contributed by atoms with Crippen LogP contribution in [0.5, 0.6) is 0 Å². The fourth-order valence-corrected chi connectivity index (χ4v) is 3.57. The number of benzene rings is 1. The molecular formula is C19H23N5O3. The Bertz CT molecular complexity index is 815. The van der Waals surface area contributed by atoms with Gasteiger partial charge in [0.25, 0.3) is 5.91 Å². The van der Waals surface area contributed by atoms with E-state index in [1.54, 1.807) is 11.0 Å². The van der Waals surface area contributed by atoms with Crippen LogP contribution >= 0.6 is 0 Å². The maximum atomic E-state index is 12.5. The first-order valence-electron chi connectivity index (χ1n) is 9.33. The number of carbonyl (C=O) groups is 2. The monoisotopic (exact) mass is 369 g/mol. The van der Waals surface area contributed by atoms with Gasteiger partial charge in [0.15, 0.2) is 0 Å². The number of rotatable bonds is 5. The molecule has 2 aromatic rings. The summed E-state index contributed by atoms with van der Waals surface area (Å²) in [5.74, 6) is 0.00830. The van der Waals surface area contributed by atoms with Crippen LogP contribution in [0.4, 0.5) is 5.69 Å². The largest absolute Gasteiger partial charge is 0.368 e. The van der Waals surface area contributed by atoms with Crippen LogP contribution in [0.1, 0.15) is 30.4 Å². The SMILES string of the molecule is O=C(Nc1ccc2c(c1)CN(C(=O)CCn1cncn1)CC2)C1CCCO1. The second-order valence-electron chi connectivity index (χ2n) is 6.95. The van der Waals surface area contributed by atoms with Crippen LogP contribution in [-0.4, -0.2) is 50.7 Å². The molecular weight excluding hydrogens is 346 g/mol. The van der Waals surface area contributed by atoms with E-state index in [1.807, 2.05) is 23.1 Å². The lowest BCUT2D eigenvalue weighted by Gasteiger charge is -2.29. The summed E-state index contributed by atoms with van der Waals surface area (Å²) in [6.45, 7) is 2.45. The Hall–Kier alpha value is -2.74. The quantitative estimate of drug-likeness (QED) is 0.860. The van der Waals surface area contributed by atoms with E-state index in [0.717, 1.165) is 30.5 Å². The molecule has 1 aromatic heterocycles. The van der Waals surface area contributed by atoms with Gasteiger partial charge in [-0.2, -0.15) is 5.10 Å². The molecule has 0 aliphatic carbocycles. The molecule has 8 nitrogen and oxygen atoms in total. The summed E-state index contributed by atoms with van der Waals surface area (Å²) >= 11 is 0. The van der Waals surface area contributed by atoms with E-state index in [0.29, 0.717) is 32.7 Å². The lowest BCUT2D eigenvalue weighted by atomic mass is 9.98. The Balaban J connectivity index is 1.37. The summed E-state index contributed by atoms with van der Waals surface area (Å²) in [6, 6.07) is 5.94. The van der Waals surface area contributed by atoms with Crippen molar-refractivity contribution in [3.8, 4) is 0 Å². The topological polar surface area (TPSA) is 89.4 Å². The zero-order chi connectivity index (χ0) is 18.6. The Kier molecular flexibility index (Phi) is 5.15. The van der Waals surface area contributed by atoms with Crippen LogP contribution in [0.2, 0.25) is 0 Å². The van der Waals surface area contributed by atoms with Crippen LogP contribution in [0, 0.1) is 0 Å². The third kappa shape index (κ3) is 4.16. The number of amides is 2. The summed E-state index contributed by atoms with van der Waals surface area (Å²) in [6.07, 6.45) is 5.64. The van der Waals surface area contributed by atoms with Gasteiger partial charge in [-0.15, -0.1) is 0 Å². The maximum Gasteiger partial charge on any atom is 0.253 e. The molecule has 1 atom stereocenters. The predicted molar refractivity (Wildman–Crippen MR) is 97.8 cm³/mol. The number of anilines is 1. The minimum atomic E-state index is -0.351. The highest BCUT2D eigenvalue weighted by Crippen LogP contribution is 2.24. The van der Waals surface area contributed by atoms with Crippen LogP contribution in [0.3, 0.4) is 0 Å². The van der Waals surface area contributed by atoms with Crippen molar-refractivity contribution >= 4 is 17.5 Å². The number of hydrogen-bond acceptors (Lipinski definition) is 5. The minimum Gasteiger partial charge on any atom is -0.368 e. The summed E-state index contributed by atoms with van der Waals surface area (Å²) in [5.41, 5.74) is 3.07. The van der Waals surface area contributed by atoms with Crippen molar-refractivity contribution in [2.75, 3.05) is 18.5 Å². The molecule has 0 spiro atoms. The molecule has 3 heterocycles. The lowest BCUT2D eigenvalue weighted by molar-refractivity contribution is -0.132. The minimum absolute atomic E-state index is 0.0935. The molecule has 0 radical (unpaired) electrons. The average molecular weight is 369 g/mol. The molecule has 0 bridgehead atoms. The van der Waals surface area contributed by atoms with E-state index in [9.17, 15) is 9.59 Å². The molecule has 4 rings (SSSR count). The van der Waals surface area contributed by atoms with Gasteiger partial charge in [-0.3, -0.25) is 14.3 Å². The molecule has 27 heavy (non-hydrogen) atoms. The number of nitrogens with one attached hydrogen (secondary N) is 1. The second kappa shape index (κ2) is 7.87. The van der Waals surface area contributed by atoms with Crippen molar-refractivity contribution in [3.63, 3.8) is 0 Å². The summed E-state index contributed by atoms with van der Waals surface area (Å²) in [5, 5.41) is 6.96. The maximum absolute atomic E-state index is 12.5. The van der Waals surface area contributed by atoms with Gasteiger partial charge in [-0.05, 0) is 42.5 Å². The smallest absolute Gasteiger partial charge is 0.253 e. The van der Waals surface area contributed by atoms with E-state index >= 15 is 0 Å². The number of fused-ring (bicyclic) bond motifs is 1. The highest BCUT2D eigenvalue weighted by molar-refractivity contribution is 5.94. The Morgan fingerprint density at radius 2 is 2.22 bits per heavy atom. The van der Waals surface area contributed by atoms with Gasteiger partial charge >= 0.3 is 0 Å². The third-order valence-electron chi connectivity index (χ3n) is 5.08. The molecule has 0 saturated carbocycles. The number of ether oxygens (including phenoxy) is 1. The number of nitrogens with zero attached hydrogens (tertiary/aromatic N) is 4. The van der Waals surface area contributed by atoms with Gasteiger partial charge < -0.3 is 15.0 Å². The van der Waals surface area contributed by atoms with Crippen molar-refractivity contribution < 1.29 is 14.3 Å². The van der Waals surface area contributed by atoms with Crippen molar-refractivity contribution in [1.82, 2.24) is 19.7 Å². The zero-order valence-electron chi connectivity index (χ0n) is 15.1. The summed E-state index contributed by atoms with van der Waals surface area (Å²) in [7, 11) is 0. The van der Waals surface area contributed by atoms with Crippen molar-refractivity contribution in [2.24, 2.45) is 0 Å². The van der Waals surface area contributed by atoms with E-state index in [-0.39, 0.29) is 17.9 Å². The average Bonchev–Trinajstić information content (AvgIpc) is 3.39. The first-order valence-corrected chi connectivity index (χ1v) is 9.33. The molecule has 1 saturated heterocycles. The predicted octanol–water partition coefficient (Wildman–Crippen LogP) is 1.37. The molecule has 1 unspecified atom stereocenters. The van der Waals surface area contributed by atoms with Crippen molar-refractivity contribution in [1.29, 1.82) is 0 Å². The fraction of sp³-hybridized carbons (Fsp3) is 0.474. The standard InChI is InChI=1S/C19H23N5O3/c25-18(6-8-24-13-20-12-21-24)23-7-5-14-3-4-16(10-15(14)11-23)22-19(26)17-2-1-9-27-17/h3-4,10,12-13,17H,1-2,5-9,11H2,(H,22,26). The molecule has 2 aliphatic rings. The number of aryl methyl sites for hydroxylation is 1. The Morgan fingerprint density at radius 3 is 3.00 bits per heavy atom.